The Hall–Kier alpha value is -2.42. The molecule has 18 heavy (non-hydrogen) atoms. The van der Waals surface area contributed by atoms with Crippen LogP contribution in [0.1, 0.15) is 10.4 Å². The van der Waals surface area contributed by atoms with Gasteiger partial charge in [0.15, 0.2) is 0 Å². The zero-order valence-corrected chi connectivity index (χ0v) is 9.48. The van der Waals surface area contributed by atoms with Crippen molar-refractivity contribution in [3.05, 3.63) is 45.9 Å². The Labute approximate surface area is 104 Å². The maximum atomic E-state index is 13.1. The summed E-state index contributed by atoms with van der Waals surface area (Å²) < 4.78 is 16.6. The summed E-state index contributed by atoms with van der Waals surface area (Å²) in [6.07, 6.45) is 1.33. The quantitative estimate of drug-likeness (QED) is 0.676. The van der Waals surface area contributed by atoms with Gasteiger partial charge in [-0.3, -0.25) is 14.9 Å². The number of rotatable bonds is 3. The second kappa shape index (κ2) is 4.84. The van der Waals surface area contributed by atoms with Crippen LogP contribution in [-0.2, 0) is 0 Å². The number of nitrogens with zero attached hydrogens (tertiary/aromatic N) is 3. The Bertz CT molecular complexity index is 602. The van der Waals surface area contributed by atoms with Crippen molar-refractivity contribution in [3.8, 4) is 0 Å². The molecular weight excluding hydrogens is 263 g/mol. The molecule has 1 amide bonds. The van der Waals surface area contributed by atoms with Crippen molar-refractivity contribution in [1.82, 2.24) is 9.59 Å². The van der Waals surface area contributed by atoms with Crippen LogP contribution in [0.15, 0.2) is 24.4 Å². The highest BCUT2D eigenvalue weighted by molar-refractivity contribution is 7.10. The fourth-order valence-corrected chi connectivity index (χ4v) is 1.61. The highest BCUT2D eigenvalue weighted by Crippen LogP contribution is 2.19. The molecule has 0 fully saturated rings. The van der Waals surface area contributed by atoms with Gasteiger partial charge in [0.2, 0.25) is 5.82 Å². The second-order valence-corrected chi connectivity index (χ2v) is 3.94. The largest absolute Gasteiger partial charge is 0.311 e. The van der Waals surface area contributed by atoms with E-state index in [1.54, 1.807) is 0 Å². The fourth-order valence-electron chi connectivity index (χ4n) is 1.20. The molecule has 0 spiro atoms. The number of nitro groups is 1. The van der Waals surface area contributed by atoms with E-state index in [4.69, 9.17) is 0 Å². The molecule has 1 heterocycles. The third-order valence-corrected chi connectivity index (χ3v) is 2.58. The van der Waals surface area contributed by atoms with Crippen LogP contribution in [0, 0.1) is 15.9 Å². The third kappa shape index (κ3) is 2.46. The Balaban J connectivity index is 2.26. The fraction of sp³-hybridized carbons (Fsp3) is 0. The van der Waals surface area contributed by atoms with E-state index >= 15 is 0 Å². The lowest BCUT2D eigenvalue weighted by Gasteiger charge is -2.01. The summed E-state index contributed by atoms with van der Waals surface area (Å²) in [7, 11) is 0. The van der Waals surface area contributed by atoms with Crippen LogP contribution in [0.5, 0.6) is 0 Å². The van der Waals surface area contributed by atoms with Crippen LogP contribution < -0.4 is 5.32 Å². The summed E-state index contributed by atoms with van der Waals surface area (Å²) in [6, 6.07) is 2.91. The van der Waals surface area contributed by atoms with Crippen molar-refractivity contribution in [1.29, 1.82) is 0 Å². The van der Waals surface area contributed by atoms with Crippen LogP contribution >= 0.6 is 11.5 Å². The first-order chi connectivity index (χ1) is 8.58. The van der Waals surface area contributed by atoms with Crippen LogP contribution in [0.2, 0.25) is 0 Å². The monoisotopic (exact) mass is 268 g/mol. The van der Waals surface area contributed by atoms with Gasteiger partial charge in [-0.25, -0.2) is 0 Å². The molecule has 0 bridgehead atoms. The van der Waals surface area contributed by atoms with Gasteiger partial charge in [0, 0.05) is 23.2 Å². The van der Waals surface area contributed by atoms with Crippen molar-refractivity contribution in [2.45, 2.75) is 0 Å². The number of halogens is 1. The summed E-state index contributed by atoms with van der Waals surface area (Å²) in [5.41, 5.74) is -0.762. The van der Waals surface area contributed by atoms with Crippen LogP contribution in [0.3, 0.4) is 0 Å². The van der Waals surface area contributed by atoms with E-state index in [-0.39, 0.29) is 5.56 Å². The van der Waals surface area contributed by atoms with E-state index in [1.807, 2.05) is 0 Å². The Morgan fingerprint density at radius 1 is 1.50 bits per heavy atom. The first-order valence-electron chi connectivity index (χ1n) is 4.60. The number of nitrogens with one attached hydrogen (secondary N) is 1. The van der Waals surface area contributed by atoms with Crippen molar-refractivity contribution < 1.29 is 14.1 Å². The van der Waals surface area contributed by atoms with Crippen LogP contribution in [0.25, 0.3) is 0 Å². The minimum atomic E-state index is -0.990. The zero-order chi connectivity index (χ0) is 13.1. The highest BCUT2D eigenvalue weighted by atomic mass is 32.1. The van der Waals surface area contributed by atoms with Gasteiger partial charge in [-0.15, -0.1) is 5.10 Å². The number of carbonyl (C=O) groups excluding carboxylic acids is 1. The summed E-state index contributed by atoms with van der Waals surface area (Å²) in [5.74, 6) is -1.58. The SMILES string of the molecule is O=C(Nc1cnns1)c1ccc(F)c([N+](=O)[O-])c1. The van der Waals surface area contributed by atoms with Crippen LogP contribution in [0.4, 0.5) is 15.1 Å². The molecule has 2 rings (SSSR count). The number of benzene rings is 1. The van der Waals surface area contributed by atoms with Gasteiger partial charge in [0.25, 0.3) is 5.91 Å². The molecule has 0 unspecified atom stereocenters. The van der Waals surface area contributed by atoms with Crippen LogP contribution in [-0.4, -0.2) is 20.4 Å². The normalized spacial score (nSPS) is 10.1. The van der Waals surface area contributed by atoms with Gasteiger partial charge in [0.1, 0.15) is 5.00 Å². The molecule has 2 aromatic rings. The smallest absolute Gasteiger partial charge is 0.305 e. The Morgan fingerprint density at radius 2 is 2.28 bits per heavy atom. The van der Waals surface area contributed by atoms with Crippen molar-refractivity contribution in [2.24, 2.45) is 0 Å². The van der Waals surface area contributed by atoms with Crippen molar-refractivity contribution in [3.63, 3.8) is 0 Å². The summed E-state index contributed by atoms with van der Waals surface area (Å²) in [5, 5.41) is 16.9. The van der Waals surface area contributed by atoms with E-state index in [1.165, 1.54) is 6.20 Å². The predicted molar refractivity (Wildman–Crippen MR) is 60.9 cm³/mol. The molecule has 92 valence electrons. The molecule has 0 aliphatic rings. The van der Waals surface area contributed by atoms with Gasteiger partial charge in [-0.05, 0) is 12.1 Å². The number of carbonyl (C=O) groups is 1. The number of hydrogen-bond donors (Lipinski definition) is 1. The summed E-state index contributed by atoms with van der Waals surface area (Å²) >= 11 is 0.959. The van der Waals surface area contributed by atoms with Gasteiger partial charge >= 0.3 is 5.69 Å². The molecule has 0 aliphatic carbocycles. The molecule has 0 saturated heterocycles. The van der Waals surface area contributed by atoms with Crippen molar-refractivity contribution >= 4 is 28.1 Å². The van der Waals surface area contributed by atoms with Gasteiger partial charge in [0.05, 0.1) is 11.1 Å². The lowest BCUT2D eigenvalue weighted by atomic mass is 10.2. The number of amides is 1. The standard InChI is InChI=1S/C9H5FN4O3S/c10-6-2-1-5(3-7(6)14(16)17)9(15)12-8-4-11-13-18-8/h1-4H,(H,12,15). The molecule has 1 aromatic heterocycles. The molecule has 9 heteroatoms. The summed E-state index contributed by atoms with van der Waals surface area (Å²) in [4.78, 5) is 21.3. The van der Waals surface area contributed by atoms with Gasteiger partial charge in [-0.1, -0.05) is 4.49 Å². The van der Waals surface area contributed by atoms with Gasteiger partial charge in [-0.2, -0.15) is 4.39 Å². The number of aromatic nitrogens is 2. The van der Waals surface area contributed by atoms with Crippen molar-refractivity contribution in [2.75, 3.05) is 5.32 Å². The second-order valence-electron chi connectivity index (χ2n) is 3.16. The number of nitro benzene ring substituents is 1. The van der Waals surface area contributed by atoms with E-state index in [0.29, 0.717) is 5.00 Å². The van der Waals surface area contributed by atoms with Gasteiger partial charge < -0.3 is 5.32 Å². The average molecular weight is 268 g/mol. The average Bonchev–Trinajstić information content (AvgIpc) is 2.81. The molecule has 1 aromatic carbocycles. The molecule has 0 atom stereocenters. The maximum absolute atomic E-state index is 13.1. The van der Waals surface area contributed by atoms with E-state index < -0.39 is 22.3 Å². The highest BCUT2D eigenvalue weighted by Gasteiger charge is 2.17. The number of hydrogen-bond acceptors (Lipinski definition) is 6. The third-order valence-electron chi connectivity index (χ3n) is 2.00. The summed E-state index contributed by atoms with van der Waals surface area (Å²) in [6.45, 7) is 0. The van der Waals surface area contributed by atoms with E-state index in [9.17, 15) is 19.3 Å². The molecule has 0 radical (unpaired) electrons. The Morgan fingerprint density at radius 3 is 2.89 bits per heavy atom. The lowest BCUT2D eigenvalue weighted by molar-refractivity contribution is -0.387. The number of anilines is 1. The first-order valence-corrected chi connectivity index (χ1v) is 5.38. The topological polar surface area (TPSA) is 98.0 Å². The molecule has 7 nitrogen and oxygen atoms in total. The minimum absolute atomic E-state index is 0.0171. The molecule has 0 aliphatic heterocycles. The maximum Gasteiger partial charge on any atom is 0.305 e. The lowest BCUT2D eigenvalue weighted by Crippen LogP contribution is -2.11. The minimum Gasteiger partial charge on any atom is -0.311 e. The molecule has 0 saturated carbocycles. The first kappa shape index (κ1) is 12.0. The predicted octanol–water partition coefficient (Wildman–Crippen LogP) is 1.84. The van der Waals surface area contributed by atoms with E-state index in [0.717, 1.165) is 29.7 Å². The zero-order valence-electron chi connectivity index (χ0n) is 8.66. The van der Waals surface area contributed by atoms with E-state index in [2.05, 4.69) is 14.9 Å². The molecular formula is C9H5FN4O3S. The Kier molecular flexibility index (Phi) is 3.24. The molecule has 1 N–H and O–H groups in total.